The summed E-state index contributed by atoms with van der Waals surface area (Å²) >= 11 is 0. The first kappa shape index (κ1) is 10.4. The second-order valence-electron chi connectivity index (χ2n) is 2.85. The summed E-state index contributed by atoms with van der Waals surface area (Å²) in [6.07, 6.45) is 0. The number of hydrogen-bond donors (Lipinski definition) is 1. The van der Waals surface area contributed by atoms with Crippen molar-refractivity contribution in [3.8, 4) is 0 Å². The number of aromatic amines is 1. The van der Waals surface area contributed by atoms with E-state index in [2.05, 4.69) is 9.97 Å². The van der Waals surface area contributed by atoms with Crippen LogP contribution in [0.2, 0.25) is 0 Å². The lowest BCUT2D eigenvalue weighted by molar-refractivity contribution is 0.0517. The van der Waals surface area contributed by atoms with E-state index in [1.807, 2.05) is 0 Å². The molecule has 0 unspecified atom stereocenters. The third kappa shape index (κ3) is 1.99. The van der Waals surface area contributed by atoms with E-state index in [-0.39, 0.29) is 23.6 Å². The van der Waals surface area contributed by atoms with Crippen LogP contribution in [-0.2, 0) is 4.74 Å². The molecule has 14 heavy (non-hydrogen) atoms. The van der Waals surface area contributed by atoms with Gasteiger partial charge in [0, 0.05) is 5.69 Å². The summed E-state index contributed by atoms with van der Waals surface area (Å²) in [5.74, 6) is -0.510. The summed E-state index contributed by atoms with van der Waals surface area (Å²) in [5, 5.41) is 0. The Morgan fingerprint density at radius 1 is 1.50 bits per heavy atom. The van der Waals surface area contributed by atoms with Crippen LogP contribution >= 0.6 is 0 Å². The van der Waals surface area contributed by atoms with Crippen molar-refractivity contribution >= 4 is 5.97 Å². The minimum Gasteiger partial charge on any atom is -0.461 e. The van der Waals surface area contributed by atoms with Crippen LogP contribution in [0.15, 0.2) is 4.79 Å². The standard InChI is InChI=1S/C9H12N2O3/c1-4-14-9(13)7-5(2)11-8(12)6(3)10-7/h4H2,1-3H3,(H,11,12). The number of carbonyl (C=O) groups excluding carboxylic acids is 1. The molecule has 0 radical (unpaired) electrons. The van der Waals surface area contributed by atoms with E-state index >= 15 is 0 Å². The number of nitrogens with one attached hydrogen (secondary N) is 1. The van der Waals surface area contributed by atoms with Crippen LogP contribution in [0.5, 0.6) is 0 Å². The number of nitrogens with zero attached hydrogens (tertiary/aromatic N) is 1. The maximum Gasteiger partial charge on any atom is 0.358 e. The molecule has 0 spiro atoms. The van der Waals surface area contributed by atoms with Crippen molar-refractivity contribution in [3.63, 3.8) is 0 Å². The van der Waals surface area contributed by atoms with Crippen molar-refractivity contribution in [2.24, 2.45) is 0 Å². The predicted octanol–water partition coefficient (Wildman–Crippen LogP) is 0.563. The molecule has 0 amide bonds. The van der Waals surface area contributed by atoms with Gasteiger partial charge < -0.3 is 9.72 Å². The SMILES string of the molecule is CCOC(=O)c1nc(C)c(=O)[nH]c1C. The van der Waals surface area contributed by atoms with Crippen molar-refractivity contribution in [1.82, 2.24) is 9.97 Å². The lowest BCUT2D eigenvalue weighted by atomic mass is 10.3. The Morgan fingerprint density at radius 3 is 2.71 bits per heavy atom. The lowest BCUT2D eigenvalue weighted by Gasteiger charge is -2.04. The first-order valence-electron chi connectivity index (χ1n) is 4.31. The van der Waals surface area contributed by atoms with Gasteiger partial charge in [-0.3, -0.25) is 4.79 Å². The second-order valence-corrected chi connectivity index (χ2v) is 2.85. The van der Waals surface area contributed by atoms with E-state index in [1.54, 1.807) is 20.8 Å². The number of carbonyl (C=O) groups is 1. The molecule has 0 atom stereocenters. The van der Waals surface area contributed by atoms with Crippen LogP contribution in [0, 0.1) is 13.8 Å². The summed E-state index contributed by atoms with van der Waals surface area (Å²) in [6, 6.07) is 0. The maximum absolute atomic E-state index is 11.3. The van der Waals surface area contributed by atoms with E-state index in [0.29, 0.717) is 5.69 Å². The van der Waals surface area contributed by atoms with E-state index in [0.717, 1.165) is 0 Å². The van der Waals surface area contributed by atoms with Crippen LogP contribution in [0.3, 0.4) is 0 Å². The van der Waals surface area contributed by atoms with Crippen molar-refractivity contribution in [2.75, 3.05) is 6.61 Å². The number of aromatic nitrogens is 2. The molecule has 0 saturated heterocycles. The number of rotatable bonds is 2. The minimum atomic E-state index is -0.510. The molecule has 0 aliphatic carbocycles. The largest absolute Gasteiger partial charge is 0.461 e. The summed E-state index contributed by atoms with van der Waals surface area (Å²) in [4.78, 5) is 28.8. The molecule has 0 bridgehead atoms. The van der Waals surface area contributed by atoms with Gasteiger partial charge in [0.15, 0.2) is 5.69 Å². The lowest BCUT2D eigenvalue weighted by Crippen LogP contribution is -2.19. The van der Waals surface area contributed by atoms with E-state index < -0.39 is 5.97 Å². The Kier molecular flexibility index (Phi) is 3.01. The molecule has 1 heterocycles. The van der Waals surface area contributed by atoms with Gasteiger partial charge in [-0.25, -0.2) is 9.78 Å². The summed E-state index contributed by atoms with van der Waals surface area (Å²) in [5.41, 5.74) is 0.581. The van der Waals surface area contributed by atoms with Crippen LogP contribution < -0.4 is 5.56 Å². The van der Waals surface area contributed by atoms with Gasteiger partial charge in [0.1, 0.15) is 5.69 Å². The fraction of sp³-hybridized carbons (Fsp3) is 0.444. The van der Waals surface area contributed by atoms with E-state index in [1.165, 1.54) is 0 Å². The van der Waals surface area contributed by atoms with Gasteiger partial charge in [0.2, 0.25) is 0 Å². The number of aryl methyl sites for hydroxylation is 2. The quantitative estimate of drug-likeness (QED) is 0.701. The highest BCUT2D eigenvalue weighted by molar-refractivity contribution is 5.88. The molecule has 1 N–H and O–H groups in total. The summed E-state index contributed by atoms with van der Waals surface area (Å²) < 4.78 is 4.78. The van der Waals surface area contributed by atoms with Gasteiger partial charge in [-0.2, -0.15) is 0 Å². The van der Waals surface area contributed by atoms with Gasteiger partial charge in [-0.05, 0) is 20.8 Å². The van der Waals surface area contributed by atoms with Crippen LogP contribution in [0.25, 0.3) is 0 Å². The number of esters is 1. The third-order valence-electron chi connectivity index (χ3n) is 1.73. The Bertz CT molecular complexity index is 409. The summed E-state index contributed by atoms with van der Waals surface area (Å²) in [6.45, 7) is 5.16. The van der Waals surface area contributed by atoms with Crippen LogP contribution in [0.4, 0.5) is 0 Å². The van der Waals surface area contributed by atoms with Gasteiger partial charge in [-0.15, -0.1) is 0 Å². The second kappa shape index (κ2) is 4.04. The fourth-order valence-electron chi connectivity index (χ4n) is 1.02. The molecule has 1 aromatic rings. The first-order chi connectivity index (χ1) is 6.56. The van der Waals surface area contributed by atoms with Crippen molar-refractivity contribution in [1.29, 1.82) is 0 Å². The smallest absolute Gasteiger partial charge is 0.358 e. The van der Waals surface area contributed by atoms with E-state index in [4.69, 9.17) is 4.74 Å². The Balaban J connectivity index is 3.16. The normalized spacial score (nSPS) is 9.93. The van der Waals surface area contributed by atoms with Gasteiger partial charge in [-0.1, -0.05) is 0 Å². The number of ether oxygens (including phenoxy) is 1. The number of H-pyrrole nitrogens is 1. The molecule has 0 aliphatic heterocycles. The van der Waals surface area contributed by atoms with Gasteiger partial charge >= 0.3 is 5.97 Å². The van der Waals surface area contributed by atoms with Crippen LogP contribution in [-0.4, -0.2) is 22.5 Å². The highest BCUT2D eigenvalue weighted by atomic mass is 16.5. The highest BCUT2D eigenvalue weighted by Gasteiger charge is 2.13. The third-order valence-corrected chi connectivity index (χ3v) is 1.73. The predicted molar refractivity (Wildman–Crippen MR) is 50.3 cm³/mol. The van der Waals surface area contributed by atoms with Gasteiger partial charge in [0.25, 0.3) is 5.56 Å². The Hall–Kier alpha value is -1.65. The average Bonchev–Trinajstić information content (AvgIpc) is 2.11. The van der Waals surface area contributed by atoms with Crippen LogP contribution in [0.1, 0.15) is 28.8 Å². The Labute approximate surface area is 81.1 Å². The van der Waals surface area contributed by atoms with Crippen molar-refractivity contribution in [3.05, 3.63) is 27.4 Å². The average molecular weight is 196 g/mol. The van der Waals surface area contributed by atoms with Crippen molar-refractivity contribution in [2.45, 2.75) is 20.8 Å². The monoisotopic (exact) mass is 196 g/mol. The molecular formula is C9H12N2O3. The molecule has 5 heteroatoms. The Morgan fingerprint density at radius 2 is 2.14 bits per heavy atom. The molecule has 0 aliphatic rings. The molecule has 0 saturated carbocycles. The zero-order valence-corrected chi connectivity index (χ0v) is 8.38. The van der Waals surface area contributed by atoms with Gasteiger partial charge in [0.05, 0.1) is 6.61 Å². The molecule has 76 valence electrons. The molecule has 1 rings (SSSR count). The first-order valence-corrected chi connectivity index (χ1v) is 4.31. The fourth-order valence-corrected chi connectivity index (χ4v) is 1.02. The highest BCUT2D eigenvalue weighted by Crippen LogP contribution is 2.01. The topological polar surface area (TPSA) is 72.0 Å². The zero-order valence-electron chi connectivity index (χ0n) is 8.38. The summed E-state index contributed by atoms with van der Waals surface area (Å²) in [7, 11) is 0. The maximum atomic E-state index is 11.3. The molecule has 0 aromatic carbocycles. The molecule has 1 aromatic heterocycles. The minimum absolute atomic E-state index is 0.170. The molecular weight excluding hydrogens is 184 g/mol. The molecule has 0 fully saturated rings. The van der Waals surface area contributed by atoms with Crippen molar-refractivity contribution < 1.29 is 9.53 Å². The number of hydrogen-bond acceptors (Lipinski definition) is 4. The zero-order chi connectivity index (χ0) is 10.7. The molecule has 5 nitrogen and oxygen atoms in total. The van der Waals surface area contributed by atoms with E-state index in [9.17, 15) is 9.59 Å².